The Morgan fingerprint density at radius 1 is 1.10 bits per heavy atom. The van der Waals surface area contributed by atoms with Crippen LogP contribution in [0.2, 0.25) is 0 Å². The Morgan fingerprint density at radius 2 is 1.86 bits per heavy atom. The van der Waals surface area contributed by atoms with Crippen molar-refractivity contribution in [2.75, 3.05) is 10.6 Å². The van der Waals surface area contributed by atoms with Crippen molar-refractivity contribution in [2.24, 2.45) is 0 Å². The summed E-state index contributed by atoms with van der Waals surface area (Å²) in [6.45, 7) is 0. The van der Waals surface area contributed by atoms with E-state index in [0.717, 1.165) is 28.4 Å². The van der Waals surface area contributed by atoms with E-state index < -0.39 is 0 Å². The molecule has 0 bridgehead atoms. The number of furan rings is 1. The number of fused-ring (bicyclic) bond motifs is 1. The zero-order chi connectivity index (χ0) is 14.7. The van der Waals surface area contributed by atoms with Crippen LogP contribution in [0.5, 0.6) is 0 Å². The molecule has 0 spiro atoms. The molecule has 106 valence electrons. The van der Waals surface area contributed by atoms with Crippen molar-refractivity contribution in [3.63, 3.8) is 0 Å². The number of amides is 1. The van der Waals surface area contributed by atoms with E-state index in [9.17, 15) is 4.79 Å². The molecule has 4 heteroatoms. The van der Waals surface area contributed by atoms with Gasteiger partial charge >= 0.3 is 0 Å². The van der Waals surface area contributed by atoms with E-state index in [1.165, 1.54) is 11.8 Å². The van der Waals surface area contributed by atoms with Gasteiger partial charge < -0.3 is 9.73 Å². The fraction of sp³-hybridized carbons (Fsp3) is 0.118. The molecule has 3 aromatic rings. The third-order valence-corrected chi connectivity index (χ3v) is 3.72. The third-order valence-electron chi connectivity index (χ3n) is 3.32. The van der Waals surface area contributed by atoms with Gasteiger partial charge in [0, 0.05) is 16.4 Å². The second kappa shape index (κ2) is 6.14. The summed E-state index contributed by atoms with van der Waals surface area (Å²) >= 11 is 3.41. The topological polar surface area (TPSA) is 42.2 Å². The number of benzene rings is 2. The van der Waals surface area contributed by atoms with Gasteiger partial charge in [-0.05, 0) is 30.2 Å². The van der Waals surface area contributed by atoms with Crippen LogP contribution in [-0.2, 0) is 6.42 Å². The smallest absolute Gasteiger partial charge is 0.259 e. The van der Waals surface area contributed by atoms with Gasteiger partial charge in [-0.1, -0.05) is 46.3 Å². The molecular weight excluding hydrogens is 330 g/mol. The van der Waals surface area contributed by atoms with Gasteiger partial charge in [0.15, 0.2) is 0 Å². The summed E-state index contributed by atoms with van der Waals surface area (Å²) in [5, 5.41) is 4.65. The first kappa shape index (κ1) is 13.9. The van der Waals surface area contributed by atoms with Gasteiger partial charge in [0.05, 0.1) is 5.56 Å². The number of carbonyl (C=O) groups is 1. The minimum atomic E-state index is -0.159. The molecule has 0 aliphatic carbocycles. The fourth-order valence-corrected chi connectivity index (χ4v) is 2.67. The summed E-state index contributed by atoms with van der Waals surface area (Å²) in [4.78, 5) is 12.3. The molecule has 0 fully saturated rings. The molecule has 3 nitrogen and oxygen atoms in total. The Kier molecular flexibility index (Phi) is 4.06. The summed E-state index contributed by atoms with van der Waals surface area (Å²) in [7, 11) is 0. The van der Waals surface area contributed by atoms with E-state index in [2.05, 4.69) is 21.2 Å². The molecule has 0 aliphatic heterocycles. The first-order chi connectivity index (χ1) is 10.3. The maximum Gasteiger partial charge on any atom is 0.259 e. The minimum Gasteiger partial charge on any atom is -0.463 e. The van der Waals surface area contributed by atoms with Crippen molar-refractivity contribution in [3.8, 4) is 0 Å². The van der Waals surface area contributed by atoms with Crippen molar-refractivity contribution in [2.45, 2.75) is 6.42 Å². The number of anilines is 1. The summed E-state index contributed by atoms with van der Waals surface area (Å²) in [6, 6.07) is 15.4. The Morgan fingerprint density at radius 3 is 2.62 bits per heavy atom. The van der Waals surface area contributed by atoms with Crippen molar-refractivity contribution in [1.82, 2.24) is 0 Å². The lowest BCUT2D eigenvalue weighted by atomic mass is 10.1. The lowest BCUT2D eigenvalue weighted by molar-refractivity contribution is 0.102. The molecule has 2 aromatic carbocycles. The number of rotatable bonds is 4. The highest BCUT2D eigenvalue weighted by Crippen LogP contribution is 2.22. The normalized spacial score (nSPS) is 10.7. The molecule has 1 aromatic heterocycles. The first-order valence-electron chi connectivity index (χ1n) is 6.70. The first-order valence-corrected chi connectivity index (χ1v) is 7.82. The highest BCUT2D eigenvalue weighted by atomic mass is 79.9. The number of para-hydroxylation sites is 1. The number of nitrogens with one attached hydrogen (secondary N) is 1. The molecule has 0 saturated heterocycles. The van der Waals surface area contributed by atoms with Crippen molar-refractivity contribution < 1.29 is 9.21 Å². The van der Waals surface area contributed by atoms with Crippen molar-refractivity contribution >= 4 is 38.5 Å². The summed E-state index contributed by atoms with van der Waals surface area (Å²) in [5.74, 6) is -0.159. The predicted molar refractivity (Wildman–Crippen MR) is 88.1 cm³/mol. The van der Waals surface area contributed by atoms with Crippen molar-refractivity contribution in [1.29, 1.82) is 0 Å². The Hall–Kier alpha value is -2.07. The van der Waals surface area contributed by atoms with Gasteiger partial charge in [0.25, 0.3) is 5.91 Å². The molecule has 21 heavy (non-hydrogen) atoms. The molecule has 1 heterocycles. The average Bonchev–Trinajstić information content (AvgIpc) is 2.93. The Balaban J connectivity index is 1.79. The fourth-order valence-electron chi connectivity index (χ4n) is 2.22. The summed E-state index contributed by atoms with van der Waals surface area (Å²) < 4.78 is 5.39. The Labute approximate surface area is 131 Å². The molecule has 1 N–H and O–H groups in total. The van der Waals surface area contributed by atoms with Crippen LogP contribution in [0.1, 0.15) is 15.9 Å². The molecule has 0 atom stereocenters. The average molecular weight is 344 g/mol. The third kappa shape index (κ3) is 3.00. The van der Waals surface area contributed by atoms with Crippen LogP contribution in [-0.4, -0.2) is 11.2 Å². The minimum absolute atomic E-state index is 0.159. The maximum atomic E-state index is 12.3. The molecule has 1 amide bonds. The lowest BCUT2D eigenvalue weighted by Gasteiger charge is -2.05. The van der Waals surface area contributed by atoms with Gasteiger partial charge in [-0.25, -0.2) is 0 Å². The van der Waals surface area contributed by atoms with Crippen LogP contribution < -0.4 is 5.32 Å². The van der Waals surface area contributed by atoms with Crippen LogP contribution in [0.4, 0.5) is 5.69 Å². The second-order valence-electron chi connectivity index (χ2n) is 4.74. The van der Waals surface area contributed by atoms with Crippen LogP contribution in [0, 0.1) is 0 Å². The summed E-state index contributed by atoms with van der Waals surface area (Å²) in [5.41, 5.74) is 3.28. The highest BCUT2D eigenvalue weighted by Gasteiger charge is 2.13. The second-order valence-corrected chi connectivity index (χ2v) is 5.53. The number of carbonyl (C=O) groups excluding carboxylic acids is 1. The maximum absolute atomic E-state index is 12.3. The van der Waals surface area contributed by atoms with E-state index >= 15 is 0 Å². The highest BCUT2D eigenvalue weighted by molar-refractivity contribution is 9.09. The number of halogens is 1. The molecule has 0 radical (unpaired) electrons. The van der Waals surface area contributed by atoms with Gasteiger partial charge in [0.1, 0.15) is 11.8 Å². The quantitative estimate of drug-likeness (QED) is 0.702. The summed E-state index contributed by atoms with van der Waals surface area (Å²) in [6.07, 6.45) is 2.47. The van der Waals surface area contributed by atoms with Gasteiger partial charge in [-0.15, -0.1) is 0 Å². The van der Waals surface area contributed by atoms with E-state index in [4.69, 9.17) is 4.42 Å². The molecule has 3 rings (SSSR count). The zero-order valence-corrected chi connectivity index (χ0v) is 12.9. The molecule has 0 saturated carbocycles. The Bertz CT molecular complexity index is 762. The van der Waals surface area contributed by atoms with Crippen LogP contribution in [0.15, 0.2) is 59.2 Å². The molecular formula is C17H14BrNO2. The molecule has 0 aliphatic rings. The number of hydrogen-bond acceptors (Lipinski definition) is 2. The molecule has 0 unspecified atom stereocenters. The van der Waals surface area contributed by atoms with Gasteiger partial charge in [-0.3, -0.25) is 4.79 Å². The van der Waals surface area contributed by atoms with Crippen LogP contribution in [0.3, 0.4) is 0 Å². The predicted octanol–water partition coefficient (Wildman–Crippen LogP) is 4.62. The number of aryl methyl sites for hydroxylation is 1. The van der Waals surface area contributed by atoms with Gasteiger partial charge in [-0.2, -0.15) is 0 Å². The monoisotopic (exact) mass is 343 g/mol. The SMILES string of the molecule is O=C(Nc1ccc(CCBr)cc1)c1coc2ccccc12. The zero-order valence-electron chi connectivity index (χ0n) is 11.3. The number of hydrogen-bond donors (Lipinski definition) is 1. The standard InChI is InChI=1S/C17H14BrNO2/c18-10-9-12-5-7-13(8-6-12)19-17(20)15-11-21-16-4-2-1-3-14(15)16/h1-8,11H,9-10H2,(H,19,20). The largest absolute Gasteiger partial charge is 0.463 e. The van der Waals surface area contributed by atoms with Crippen molar-refractivity contribution in [3.05, 3.63) is 65.9 Å². The van der Waals surface area contributed by atoms with E-state index in [0.29, 0.717) is 5.56 Å². The van der Waals surface area contributed by atoms with E-state index in [-0.39, 0.29) is 5.91 Å². The van der Waals surface area contributed by atoms with E-state index in [1.54, 1.807) is 0 Å². The lowest BCUT2D eigenvalue weighted by Crippen LogP contribution is -2.11. The van der Waals surface area contributed by atoms with Crippen LogP contribution >= 0.6 is 15.9 Å². The van der Waals surface area contributed by atoms with Crippen LogP contribution in [0.25, 0.3) is 11.0 Å². The van der Waals surface area contributed by atoms with E-state index in [1.807, 2.05) is 48.5 Å². The van der Waals surface area contributed by atoms with Gasteiger partial charge in [0.2, 0.25) is 0 Å². The number of alkyl halides is 1.